The van der Waals surface area contributed by atoms with Crippen molar-refractivity contribution >= 4 is 27.3 Å². The highest BCUT2D eigenvalue weighted by Gasteiger charge is 2.06. The molecule has 0 aliphatic heterocycles. The predicted octanol–water partition coefficient (Wildman–Crippen LogP) is 4.14. The van der Waals surface area contributed by atoms with E-state index in [-0.39, 0.29) is 0 Å². The Morgan fingerprint density at radius 2 is 2.18 bits per heavy atom. The van der Waals surface area contributed by atoms with Crippen molar-refractivity contribution in [3.8, 4) is 5.06 Å². The van der Waals surface area contributed by atoms with Crippen LogP contribution < -0.4 is 4.74 Å². The lowest BCUT2D eigenvalue weighted by molar-refractivity contribution is 0.203. The zero-order valence-electron chi connectivity index (χ0n) is 9.39. The maximum Gasteiger partial charge on any atom is 0.174 e. The third kappa shape index (κ3) is 3.56. The summed E-state index contributed by atoms with van der Waals surface area (Å²) in [5.74, 6) is 0. The van der Waals surface area contributed by atoms with Crippen LogP contribution in [0.4, 0.5) is 0 Å². The van der Waals surface area contributed by atoms with Crippen LogP contribution in [0.1, 0.15) is 23.5 Å². The standard InChI is InChI=1S/C13H13BrO2S/c1-9(15)12-5-6-13(17-12)16-8-10-3-2-4-11(14)7-10/h2-7,9,15H,8H2,1H3. The molecule has 0 fully saturated rings. The molecule has 0 saturated heterocycles. The number of halogens is 1. The normalized spacial score (nSPS) is 12.4. The summed E-state index contributed by atoms with van der Waals surface area (Å²) in [6.07, 6.45) is -0.428. The smallest absolute Gasteiger partial charge is 0.174 e. The Balaban J connectivity index is 1.97. The highest BCUT2D eigenvalue weighted by atomic mass is 79.9. The Labute approximate surface area is 113 Å². The number of hydrogen-bond acceptors (Lipinski definition) is 3. The van der Waals surface area contributed by atoms with Crippen molar-refractivity contribution in [1.29, 1.82) is 0 Å². The van der Waals surface area contributed by atoms with Crippen molar-refractivity contribution in [3.05, 3.63) is 51.3 Å². The van der Waals surface area contributed by atoms with Crippen LogP contribution in [-0.2, 0) is 6.61 Å². The maximum absolute atomic E-state index is 9.41. The Morgan fingerprint density at radius 1 is 1.35 bits per heavy atom. The van der Waals surface area contributed by atoms with E-state index in [1.54, 1.807) is 6.92 Å². The first-order chi connectivity index (χ1) is 8.15. The summed E-state index contributed by atoms with van der Waals surface area (Å²) in [7, 11) is 0. The van der Waals surface area contributed by atoms with Crippen LogP contribution in [0.5, 0.6) is 5.06 Å². The van der Waals surface area contributed by atoms with Crippen LogP contribution in [0.3, 0.4) is 0 Å². The van der Waals surface area contributed by atoms with E-state index in [4.69, 9.17) is 4.74 Å². The summed E-state index contributed by atoms with van der Waals surface area (Å²) in [5, 5.41) is 10.2. The Morgan fingerprint density at radius 3 is 2.82 bits per heavy atom. The lowest BCUT2D eigenvalue weighted by Gasteiger charge is -2.04. The molecule has 2 aromatic rings. The van der Waals surface area contributed by atoms with Gasteiger partial charge < -0.3 is 9.84 Å². The molecule has 1 unspecified atom stereocenters. The molecule has 0 amide bonds. The van der Waals surface area contributed by atoms with Gasteiger partial charge in [0.1, 0.15) is 6.61 Å². The first kappa shape index (κ1) is 12.6. The molecule has 1 aromatic carbocycles. The molecule has 17 heavy (non-hydrogen) atoms. The second-order valence-corrected chi connectivity index (χ2v) is 5.74. The molecule has 0 aliphatic carbocycles. The van der Waals surface area contributed by atoms with E-state index in [9.17, 15) is 5.11 Å². The van der Waals surface area contributed by atoms with Crippen LogP contribution in [0.2, 0.25) is 0 Å². The number of rotatable bonds is 4. The van der Waals surface area contributed by atoms with Crippen molar-refractivity contribution in [2.24, 2.45) is 0 Å². The number of hydrogen-bond donors (Lipinski definition) is 1. The van der Waals surface area contributed by atoms with Gasteiger partial charge >= 0.3 is 0 Å². The van der Waals surface area contributed by atoms with Gasteiger partial charge in [-0.2, -0.15) is 0 Å². The first-order valence-electron chi connectivity index (χ1n) is 5.30. The van der Waals surface area contributed by atoms with Gasteiger partial charge in [-0.25, -0.2) is 0 Å². The maximum atomic E-state index is 9.41. The van der Waals surface area contributed by atoms with E-state index < -0.39 is 6.10 Å². The molecule has 0 saturated carbocycles. The van der Waals surface area contributed by atoms with Gasteiger partial charge in [0.05, 0.1) is 6.10 Å². The van der Waals surface area contributed by atoms with Gasteiger partial charge in [-0.3, -0.25) is 0 Å². The number of thiophene rings is 1. The summed E-state index contributed by atoms with van der Waals surface area (Å²) in [5.41, 5.74) is 1.12. The zero-order chi connectivity index (χ0) is 12.3. The lowest BCUT2D eigenvalue weighted by Crippen LogP contribution is -1.93. The SMILES string of the molecule is CC(O)c1ccc(OCc2cccc(Br)c2)s1. The van der Waals surface area contributed by atoms with Crippen molar-refractivity contribution in [2.45, 2.75) is 19.6 Å². The van der Waals surface area contributed by atoms with Gasteiger partial charge in [0.15, 0.2) is 5.06 Å². The summed E-state index contributed by atoms with van der Waals surface area (Å²) >= 11 is 4.91. The Bertz CT molecular complexity index is 494. The highest BCUT2D eigenvalue weighted by molar-refractivity contribution is 9.10. The molecule has 1 aromatic heterocycles. The van der Waals surface area contributed by atoms with E-state index in [2.05, 4.69) is 15.9 Å². The number of benzene rings is 1. The van der Waals surface area contributed by atoms with Gasteiger partial charge in [0, 0.05) is 9.35 Å². The van der Waals surface area contributed by atoms with Gasteiger partial charge in [-0.1, -0.05) is 28.1 Å². The molecule has 0 aliphatic rings. The van der Waals surface area contributed by atoms with Crippen LogP contribution in [0, 0.1) is 0 Å². The second kappa shape index (κ2) is 5.67. The molecule has 2 nitrogen and oxygen atoms in total. The van der Waals surface area contributed by atoms with Crippen molar-refractivity contribution < 1.29 is 9.84 Å². The van der Waals surface area contributed by atoms with Crippen LogP contribution in [0.25, 0.3) is 0 Å². The first-order valence-corrected chi connectivity index (χ1v) is 6.91. The largest absolute Gasteiger partial charge is 0.479 e. The van der Waals surface area contributed by atoms with E-state index in [1.807, 2.05) is 36.4 Å². The quantitative estimate of drug-likeness (QED) is 0.919. The van der Waals surface area contributed by atoms with Gasteiger partial charge in [0.2, 0.25) is 0 Å². The fourth-order valence-electron chi connectivity index (χ4n) is 1.42. The van der Waals surface area contributed by atoms with Gasteiger partial charge in [-0.05, 0) is 36.8 Å². The summed E-state index contributed by atoms with van der Waals surface area (Å²) in [4.78, 5) is 0.925. The topological polar surface area (TPSA) is 29.5 Å². The summed E-state index contributed by atoms with van der Waals surface area (Å²) in [6, 6.07) is 11.8. The molecule has 1 atom stereocenters. The van der Waals surface area contributed by atoms with Gasteiger partial charge in [0.25, 0.3) is 0 Å². The minimum absolute atomic E-state index is 0.428. The van der Waals surface area contributed by atoms with Gasteiger partial charge in [-0.15, -0.1) is 11.3 Å². The average molecular weight is 313 g/mol. The number of aliphatic hydroxyl groups excluding tert-OH is 1. The number of ether oxygens (including phenoxy) is 1. The molecule has 0 bridgehead atoms. The third-order valence-corrected chi connectivity index (χ3v) is 3.95. The summed E-state index contributed by atoms with van der Waals surface area (Å²) in [6.45, 7) is 2.29. The lowest BCUT2D eigenvalue weighted by atomic mass is 10.2. The van der Waals surface area contributed by atoms with E-state index in [0.29, 0.717) is 6.61 Å². The fraction of sp³-hybridized carbons (Fsp3) is 0.231. The summed E-state index contributed by atoms with van der Waals surface area (Å²) < 4.78 is 6.71. The fourth-order valence-corrected chi connectivity index (χ4v) is 2.66. The molecular weight excluding hydrogens is 300 g/mol. The monoisotopic (exact) mass is 312 g/mol. The predicted molar refractivity (Wildman–Crippen MR) is 73.4 cm³/mol. The van der Waals surface area contributed by atoms with Crippen LogP contribution in [0.15, 0.2) is 40.9 Å². The molecule has 0 spiro atoms. The van der Waals surface area contributed by atoms with Crippen molar-refractivity contribution in [1.82, 2.24) is 0 Å². The molecule has 0 radical (unpaired) electrons. The van der Waals surface area contributed by atoms with E-state index >= 15 is 0 Å². The number of aliphatic hydroxyl groups is 1. The van der Waals surface area contributed by atoms with E-state index in [1.165, 1.54) is 11.3 Å². The van der Waals surface area contributed by atoms with Crippen LogP contribution in [-0.4, -0.2) is 5.11 Å². The van der Waals surface area contributed by atoms with Crippen LogP contribution >= 0.6 is 27.3 Å². The average Bonchev–Trinajstić information content (AvgIpc) is 2.75. The highest BCUT2D eigenvalue weighted by Crippen LogP contribution is 2.29. The molecular formula is C13H13BrO2S. The van der Waals surface area contributed by atoms with Crippen molar-refractivity contribution in [3.63, 3.8) is 0 Å². The minimum Gasteiger partial charge on any atom is -0.479 e. The van der Waals surface area contributed by atoms with Crippen molar-refractivity contribution in [2.75, 3.05) is 0 Å². The molecule has 4 heteroatoms. The zero-order valence-corrected chi connectivity index (χ0v) is 11.8. The molecule has 1 heterocycles. The second-order valence-electron chi connectivity index (χ2n) is 3.75. The Kier molecular flexibility index (Phi) is 4.20. The molecule has 2 rings (SSSR count). The molecule has 90 valence electrons. The minimum atomic E-state index is -0.428. The molecule has 1 N–H and O–H groups in total. The Hall–Kier alpha value is -0.840. The van der Waals surface area contributed by atoms with E-state index in [0.717, 1.165) is 20.0 Å². The third-order valence-electron chi connectivity index (χ3n) is 2.28.